The Morgan fingerprint density at radius 2 is 1.73 bits per heavy atom. The first-order chi connectivity index (χ1) is 10.4. The second-order valence-electron chi connectivity index (χ2n) is 6.21. The standard InChI is InChI=1S/C13H23NO8/c15-4-7-10(19)11(20)13(21-7)22-12-8-5(16)1-2-14(8)3-6(17)9(12)18/h5-13,15-20H,1-4H2/t5-,6-,7+,8+,9+,10+,11+,12+,13-/m0/s1. The van der Waals surface area contributed by atoms with Gasteiger partial charge in [0.25, 0.3) is 0 Å². The number of aliphatic hydroxyl groups excluding tert-OH is 6. The number of hydrogen-bond acceptors (Lipinski definition) is 9. The molecule has 0 aromatic heterocycles. The molecule has 9 heteroatoms. The molecule has 0 aliphatic carbocycles. The van der Waals surface area contributed by atoms with Crippen LogP contribution in [0.4, 0.5) is 0 Å². The quantitative estimate of drug-likeness (QED) is 0.306. The summed E-state index contributed by atoms with van der Waals surface area (Å²) in [6.07, 6.45) is -8.36. The van der Waals surface area contributed by atoms with Crippen LogP contribution in [0.1, 0.15) is 6.42 Å². The molecule has 3 saturated heterocycles. The molecule has 3 fully saturated rings. The van der Waals surface area contributed by atoms with Crippen LogP contribution in [0, 0.1) is 0 Å². The van der Waals surface area contributed by atoms with E-state index in [0.717, 1.165) is 0 Å². The second kappa shape index (κ2) is 6.27. The van der Waals surface area contributed by atoms with E-state index in [1.165, 1.54) is 0 Å². The summed E-state index contributed by atoms with van der Waals surface area (Å²) >= 11 is 0. The summed E-state index contributed by atoms with van der Waals surface area (Å²) in [5.74, 6) is 0. The highest BCUT2D eigenvalue weighted by Crippen LogP contribution is 2.33. The van der Waals surface area contributed by atoms with Crippen molar-refractivity contribution in [2.24, 2.45) is 0 Å². The van der Waals surface area contributed by atoms with Gasteiger partial charge >= 0.3 is 0 Å². The number of hydrogen-bond donors (Lipinski definition) is 6. The van der Waals surface area contributed by atoms with E-state index in [0.29, 0.717) is 13.0 Å². The molecule has 9 nitrogen and oxygen atoms in total. The largest absolute Gasteiger partial charge is 0.394 e. The first-order valence-corrected chi connectivity index (χ1v) is 7.50. The zero-order chi connectivity index (χ0) is 16.0. The van der Waals surface area contributed by atoms with Gasteiger partial charge in [0.2, 0.25) is 0 Å². The van der Waals surface area contributed by atoms with E-state index in [2.05, 4.69) is 0 Å². The summed E-state index contributed by atoms with van der Waals surface area (Å²) in [6.45, 7) is 0.330. The molecular weight excluding hydrogens is 298 g/mol. The molecule has 0 amide bonds. The van der Waals surface area contributed by atoms with Gasteiger partial charge in [0.05, 0.1) is 24.9 Å². The number of ether oxygens (including phenoxy) is 2. The van der Waals surface area contributed by atoms with E-state index in [1.54, 1.807) is 0 Å². The van der Waals surface area contributed by atoms with Crippen LogP contribution >= 0.6 is 0 Å². The van der Waals surface area contributed by atoms with Gasteiger partial charge in [-0.15, -0.1) is 0 Å². The molecular formula is C13H23NO8. The van der Waals surface area contributed by atoms with Crippen LogP contribution in [0.25, 0.3) is 0 Å². The molecule has 6 N–H and O–H groups in total. The number of nitrogens with zero attached hydrogens (tertiary/aromatic N) is 1. The van der Waals surface area contributed by atoms with Crippen molar-refractivity contribution in [3.63, 3.8) is 0 Å². The maximum absolute atomic E-state index is 10.2. The Morgan fingerprint density at radius 3 is 2.36 bits per heavy atom. The molecule has 22 heavy (non-hydrogen) atoms. The van der Waals surface area contributed by atoms with Crippen molar-refractivity contribution in [2.45, 2.75) is 61.5 Å². The summed E-state index contributed by atoms with van der Waals surface area (Å²) in [4.78, 5) is 1.83. The SMILES string of the molecule is OC[C@H]1O[C@@H](O[C@H]2[C@H](O)[C@@H](O)CN3CC[C@H](O)[C@H]23)[C@H](O)[C@@H]1O. The monoisotopic (exact) mass is 321 g/mol. The third-order valence-electron chi connectivity index (χ3n) is 4.81. The number of piperidine rings is 1. The van der Waals surface area contributed by atoms with Crippen LogP contribution < -0.4 is 0 Å². The van der Waals surface area contributed by atoms with Crippen molar-refractivity contribution in [1.82, 2.24) is 4.90 Å². The molecule has 3 heterocycles. The molecule has 0 unspecified atom stereocenters. The van der Waals surface area contributed by atoms with Crippen LogP contribution in [0.2, 0.25) is 0 Å². The Hall–Kier alpha value is -0.360. The minimum Gasteiger partial charge on any atom is -0.394 e. The van der Waals surface area contributed by atoms with E-state index < -0.39 is 61.7 Å². The molecule has 0 bridgehead atoms. The average molecular weight is 321 g/mol. The maximum atomic E-state index is 10.2. The number of rotatable bonds is 3. The predicted octanol–water partition coefficient (Wildman–Crippen LogP) is -4.02. The molecule has 3 rings (SSSR count). The smallest absolute Gasteiger partial charge is 0.187 e. The number of aliphatic hydroxyl groups is 6. The van der Waals surface area contributed by atoms with E-state index in [4.69, 9.17) is 14.6 Å². The summed E-state index contributed by atoms with van der Waals surface area (Å²) in [5, 5.41) is 58.9. The average Bonchev–Trinajstić information content (AvgIpc) is 2.98. The van der Waals surface area contributed by atoms with Gasteiger partial charge in [-0.05, 0) is 6.42 Å². The minimum absolute atomic E-state index is 0.235. The predicted molar refractivity (Wildman–Crippen MR) is 70.6 cm³/mol. The zero-order valence-corrected chi connectivity index (χ0v) is 12.0. The molecule has 0 aromatic carbocycles. The summed E-state index contributed by atoms with van der Waals surface area (Å²) in [5.41, 5.74) is 0. The summed E-state index contributed by atoms with van der Waals surface area (Å²) in [7, 11) is 0. The molecule has 0 spiro atoms. The second-order valence-corrected chi connectivity index (χ2v) is 6.21. The van der Waals surface area contributed by atoms with Gasteiger partial charge in [0, 0.05) is 13.1 Å². The third-order valence-corrected chi connectivity index (χ3v) is 4.81. The Bertz CT molecular complexity index is 398. The molecule has 3 aliphatic heterocycles. The van der Waals surface area contributed by atoms with Crippen LogP contribution in [0.3, 0.4) is 0 Å². The van der Waals surface area contributed by atoms with Crippen molar-refractivity contribution in [2.75, 3.05) is 19.7 Å². The highest BCUT2D eigenvalue weighted by molar-refractivity contribution is 5.03. The van der Waals surface area contributed by atoms with Crippen molar-refractivity contribution < 1.29 is 40.1 Å². The topological polar surface area (TPSA) is 143 Å². The van der Waals surface area contributed by atoms with Gasteiger partial charge in [-0.2, -0.15) is 0 Å². The lowest BCUT2D eigenvalue weighted by Gasteiger charge is -2.44. The zero-order valence-electron chi connectivity index (χ0n) is 12.0. The lowest BCUT2D eigenvalue weighted by atomic mass is 9.92. The lowest BCUT2D eigenvalue weighted by Crippen LogP contribution is -2.63. The fraction of sp³-hybridized carbons (Fsp3) is 1.00. The highest BCUT2D eigenvalue weighted by atomic mass is 16.7. The normalized spacial score (nSPS) is 52.9. The molecule has 0 aromatic rings. The molecule has 0 radical (unpaired) electrons. The van der Waals surface area contributed by atoms with Crippen LogP contribution in [-0.2, 0) is 9.47 Å². The summed E-state index contributed by atoms with van der Waals surface area (Å²) in [6, 6.07) is -0.514. The van der Waals surface area contributed by atoms with Gasteiger partial charge in [0.1, 0.15) is 30.5 Å². The Kier molecular flexibility index (Phi) is 4.70. The Balaban J connectivity index is 1.74. The van der Waals surface area contributed by atoms with Crippen molar-refractivity contribution in [3.05, 3.63) is 0 Å². The molecule has 128 valence electrons. The van der Waals surface area contributed by atoms with E-state index in [9.17, 15) is 25.5 Å². The third kappa shape index (κ3) is 2.66. The number of fused-ring (bicyclic) bond motifs is 1. The van der Waals surface area contributed by atoms with Gasteiger partial charge in [0.15, 0.2) is 6.29 Å². The van der Waals surface area contributed by atoms with E-state index in [1.807, 2.05) is 4.90 Å². The minimum atomic E-state index is -1.38. The fourth-order valence-electron chi connectivity index (χ4n) is 3.56. The summed E-state index contributed by atoms with van der Waals surface area (Å²) < 4.78 is 10.8. The van der Waals surface area contributed by atoms with Crippen molar-refractivity contribution >= 4 is 0 Å². The maximum Gasteiger partial charge on any atom is 0.187 e. The first kappa shape index (κ1) is 16.5. The van der Waals surface area contributed by atoms with Crippen LogP contribution in [0.5, 0.6) is 0 Å². The highest BCUT2D eigenvalue weighted by Gasteiger charge is 2.52. The van der Waals surface area contributed by atoms with Crippen LogP contribution in [0.15, 0.2) is 0 Å². The fourth-order valence-corrected chi connectivity index (χ4v) is 3.56. The van der Waals surface area contributed by atoms with Gasteiger partial charge < -0.3 is 40.1 Å². The van der Waals surface area contributed by atoms with Gasteiger partial charge in [-0.25, -0.2) is 0 Å². The molecule has 0 saturated carbocycles. The van der Waals surface area contributed by atoms with Crippen molar-refractivity contribution in [3.8, 4) is 0 Å². The Labute approximate surface area is 127 Å². The Morgan fingerprint density at radius 1 is 1.00 bits per heavy atom. The van der Waals surface area contributed by atoms with Gasteiger partial charge in [-0.1, -0.05) is 0 Å². The first-order valence-electron chi connectivity index (χ1n) is 7.50. The van der Waals surface area contributed by atoms with Gasteiger partial charge in [-0.3, -0.25) is 4.90 Å². The van der Waals surface area contributed by atoms with E-state index >= 15 is 0 Å². The molecule has 9 atom stereocenters. The van der Waals surface area contributed by atoms with Crippen LogP contribution in [-0.4, -0.2) is 110 Å². The lowest BCUT2D eigenvalue weighted by molar-refractivity contribution is -0.249. The van der Waals surface area contributed by atoms with Crippen molar-refractivity contribution in [1.29, 1.82) is 0 Å². The van der Waals surface area contributed by atoms with E-state index in [-0.39, 0.29) is 6.54 Å². The molecule has 3 aliphatic rings.